The van der Waals surface area contributed by atoms with Gasteiger partial charge in [-0.15, -0.1) is 0 Å². The van der Waals surface area contributed by atoms with E-state index in [2.05, 4.69) is 10.3 Å². The van der Waals surface area contributed by atoms with Crippen molar-refractivity contribution in [3.8, 4) is 0 Å². The van der Waals surface area contributed by atoms with Crippen molar-refractivity contribution in [1.29, 1.82) is 0 Å². The molecule has 1 aromatic rings. The first-order valence-electron chi connectivity index (χ1n) is 5.14. The van der Waals surface area contributed by atoms with Gasteiger partial charge in [-0.2, -0.15) is 0 Å². The minimum Gasteiger partial charge on any atom is -0.468 e. The second-order valence-corrected chi connectivity index (χ2v) is 3.33. The molecule has 16 heavy (non-hydrogen) atoms. The Bertz CT molecular complexity index is 357. The van der Waals surface area contributed by atoms with Crippen LogP contribution < -0.4 is 5.32 Å². The summed E-state index contributed by atoms with van der Waals surface area (Å²) in [7, 11) is 1.46. The van der Waals surface area contributed by atoms with Crippen molar-refractivity contribution in [1.82, 2.24) is 5.32 Å². The first-order chi connectivity index (χ1) is 7.67. The van der Waals surface area contributed by atoms with E-state index in [-0.39, 0.29) is 23.7 Å². The molecule has 0 radical (unpaired) electrons. The third kappa shape index (κ3) is 3.42. The number of rotatable bonds is 3. The molecule has 1 N–H and O–H groups in total. The van der Waals surface area contributed by atoms with Gasteiger partial charge in [-0.05, 0) is 25.5 Å². The van der Waals surface area contributed by atoms with Crippen molar-refractivity contribution in [3.63, 3.8) is 0 Å². The van der Waals surface area contributed by atoms with Crippen LogP contribution in [0.3, 0.4) is 0 Å². The number of furan rings is 1. The molecule has 0 fully saturated rings. The molecule has 0 aliphatic heterocycles. The number of carbonyl (C=O) groups excluding carboxylic acids is 1. The van der Waals surface area contributed by atoms with E-state index < -0.39 is 0 Å². The number of hydrogen-bond acceptors (Lipinski definition) is 4. The average Bonchev–Trinajstić information content (AvgIpc) is 2.81. The molecule has 0 bridgehead atoms. The molecule has 5 heteroatoms. The lowest BCUT2D eigenvalue weighted by Crippen LogP contribution is -2.32. The van der Waals surface area contributed by atoms with Crippen molar-refractivity contribution >= 4 is 11.9 Å². The smallest absolute Gasteiger partial charge is 0.294 e. The van der Waals surface area contributed by atoms with Crippen LogP contribution in [0.5, 0.6) is 0 Å². The van der Waals surface area contributed by atoms with Crippen molar-refractivity contribution in [3.05, 3.63) is 24.2 Å². The predicted octanol–water partition coefficient (Wildman–Crippen LogP) is 1.81. The zero-order valence-corrected chi connectivity index (χ0v) is 9.69. The highest BCUT2D eigenvalue weighted by Gasteiger charge is 2.12. The molecule has 1 rings (SSSR count). The number of amidine groups is 1. The zero-order chi connectivity index (χ0) is 12.0. The van der Waals surface area contributed by atoms with Crippen molar-refractivity contribution < 1.29 is 13.9 Å². The van der Waals surface area contributed by atoms with Crippen molar-refractivity contribution in [2.45, 2.75) is 26.3 Å². The predicted molar refractivity (Wildman–Crippen MR) is 60.4 cm³/mol. The molecular weight excluding hydrogens is 208 g/mol. The van der Waals surface area contributed by atoms with Gasteiger partial charge in [0.1, 0.15) is 0 Å². The fraction of sp³-hybridized carbons (Fsp3) is 0.455. The van der Waals surface area contributed by atoms with E-state index in [4.69, 9.17) is 9.15 Å². The lowest BCUT2D eigenvalue weighted by molar-refractivity contribution is 0.0941. The van der Waals surface area contributed by atoms with Crippen LogP contribution >= 0.6 is 0 Å². The molecule has 1 unspecified atom stereocenters. The molecule has 1 atom stereocenters. The molecule has 0 spiro atoms. The summed E-state index contributed by atoms with van der Waals surface area (Å²) in [5.74, 6) is -0.136. The fourth-order valence-electron chi connectivity index (χ4n) is 0.994. The highest BCUT2D eigenvalue weighted by molar-refractivity contribution is 6.02. The molecule has 0 aliphatic rings. The Hall–Kier alpha value is -1.78. The molecule has 1 amide bonds. The lowest BCUT2D eigenvalue weighted by Gasteiger charge is -2.08. The molecular formula is C11H16N2O3. The molecule has 1 aromatic heterocycles. The SMILES string of the molecule is CCC(C)N=C(NC(=O)c1ccco1)OC. The molecule has 0 saturated carbocycles. The normalized spacial score (nSPS) is 13.3. The monoisotopic (exact) mass is 224 g/mol. The third-order valence-electron chi connectivity index (χ3n) is 2.09. The maximum Gasteiger partial charge on any atom is 0.294 e. The van der Waals surface area contributed by atoms with Crippen LogP contribution in [-0.4, -0.2) is 25.1 Å². The van der Waals surface area contributed by atoms with Crippen LogP contribution in [0.1, 0.15) is 30.8 Å². The molecule has 1 heterocycles. The number of hydrogen-bond donors (Lipinski definition) is 1. The summed E-state index contributed by atoms with van der Waals surface area (Å²) in [4.78, 5) is 15.8. The largest absolute Gasteiger partial charge is 0.468 e. The number of aliphatic imine (C=N–C) groups is 1. The summed E-state index contributed by atoms with van der Waals surface area (Å²) in [5, 5.41) is 2.53. The summed E-state index contributed by atoms with van der Waals surface area (Å²) in [6, 6.07) is 3.53. The molecule has 5 nitrogen and oxygen atoms in total. The molecule has 0 saturated heterocycles. The summed E-state index contributed by atoms with van der Waals surface area (Å²) in [5.41, 5.74) is 0. The summed E-state index contributed by atoms with van der Waals surface area (Å²) in [6.45, 7) is 3.95. The highest BCUT2D eigenvalue weighted by Crippen LogP contribution is 2.00. The van der Waals surface area contributed by atoms with Gasteiger partial charge in [0, 0.05) is 0 Å². The molecule has 0 aromatic carbocycles. The summed E-state index contributed by atoms with van der Waals surface area (Å²) >= 11 is 0. The Morgan fingerprint density at radius 3 is 2.94 bits per heavy atom. The number of nitrogens with one attached hydrogen (secondary N) is 1. The van der Waals surface area contributed by atoms with Gasteiger partial charge in [0.05, 0.1) is 19.4 Å². The Balaban J connectivity index is 2.64. The first-order valence-corrected chi connectivity index (χ1v) is 5.14. The van der Waals surface area contributed by atoms with E-state index in [0.29, 0.717) is 0 Å². The van der Waals surface area contributed by atoms with Gasteiger partial charge in [-0.3, -0.25) is 10.1 Å². The van der Waals surface area contributed by atoms with Crippen LogP contribution in [-0.2, 0) is 4.74 Å². The number of carbonyl (C=O) groups is 1. The third-order valence-corrected chi connectivity index (χ3v) is 2.09. The first kappa shape index (κ1) is 12.3. The lowest BCUT2D eigenvalue weighted by atomic mass is 10.3. The topological polar surface area (TPSA) is 63.8 Å². The number of methoxy groups -OCH3 is 1. The van der Waals surface area contributed by atoms with Crippen LogP contribution in [0.15, 0.2) is 27.8 Å². The van der Waals surface area contributed by atoms with Gasteiger partial charge < -0.3 is 9.15 Å². The van der Waals surface area contributed by atoms with Crippen LogP contribution in [0.2, 0.25) is 0 Å². The van der Waals surface area contributed by atoms with Gasteiger partial charge >= 0.3 is 0 Å². The standard InChI is InChI=1S/C11H16N2O3/c1-4-8(2)12-11(15-3)13-10(14)9-6-5-7-16-9/h5-8H,4H2,1-3H3,(H,12,13,14). The highest BCUT2D eigenvalue weighted by atomic mass is 16.5. The van der Waals surface area contributed by atoms with Crippen LogP contribution in [0, 0.1) is 0 Å². The van der Waals surface area contributed by atoms with Gasteiger partial charge in [-0.1, -0.05) is 6.92 Å². The Kier molecular flexibility index (Phi) is 4.57. The van der Waals surface area contributed by atoms with Crippen LogP contribution in [0.4, 0.5) is 0 Å². The minimum atomic E-state index is -0.367. The van der Waals surface area contributed by atoms with E-state index in [1.165, 1.54) is 13.4 Å². The van der Waals surface area contributed by atoms with E-state index >= 15 is 0 Å². The van der Waals surface area contributed by atoms with Gasteiger partial charge in [0.25, 0.3) is 11.9 Å². The summed E-state index contributed by atoms with van der Waals surface area (Å²) < 4.78 is 9.92. The van der Waals surface area contributed by atoms with Crippen LogP contribution in [0.25, 0.3) is 0 Å². The number of amides is 1. The van der Waals surface area contributed by atoms with Gasteiger partial charge in [0.15, 0.2) is 5.76 Å². The quantitative estimate of drug-likeness (QED) is 0.629. The van der Waals surface area contributed by atoms with Gasteiger partial charge in [0.2, 0.25) is 0 Å². The van der Waals surface area contributed by atoms with E-state index in [0.717, 1.165) is 6.42 Å². The summed E-state index contributed by atoms with van der Waals surface area (Å²) in [6.07, 6.45) is 2.32. The Labute approximate surface area is 94.5 Å². The zero-order valence-electron chi connectivity index (χ0n) is 9.69. The van der Waals surface area contributed by atoms with Gasteiger partial charge in [-0.25, -0.2) is 4.99 Å². The molecule has 88 valence electrons. The Morgan fingerprint density at radius 1 is 1.69 bits per heavy atom. The average molecular weight is 224 g/mol. The Morgan fingerprint density at radius 2 is 2.44 bits per heavy atom. The van der Waals surface area contributed by atoms with Crippen molar-refractivity contribution in [2.75, 3.05) is 7.11 Å². The maximum atomic E-state index is 11.6. The minimum absolute atomic E-state index is 0.104. The second kappa shape index (κ2) is 5.95. The van der Waals surface area contributed by atoms with E-state index in [1.54, 1.807) is 12.1 Å². The second-order valence-electron chi connectivity index (χ2n) is 3.33. The number of ether oxygens (including phenoxy) is 1. The van der Waals surface area contributed by atoms with E-state index in [1.807, 2.05) is 13.8 Å². The fourth-order valence-corrected chi connectivity index (χ4v) is 0.994. The van der Waals surface area contributed by atoms with Crippen molar-refractivity contribution in [2.24, 2.45) is 4.99 Å². The molecule has 0 aliphatic carbocycles. The van der Waals surface area contributed by atoms with E-state index in [9.17, 15) is 4.79 Å². The maximum absolute atomic E-state index is 11.6. The number of nitrogens with zero attached hydrogens (tertiary/aromatic N) is 1.